The maximum absolute atomic E-state index is 12.0. The molecule has 0 bridgehead atoms. The van der Waals surface area contributed by atoms with Gasteiger partial charge in [0.25, 0.3) is 0 Å². The lowest BCUT2D eigenvalue weighted by atomic mass is 9.85. The maximum Gasteiger partial charge on any atom is 0.319 e. The molecule has 2 amide bonds. The molecule has 5 heteroatoms. The van der Waals surface area contributed by atoms with Gasteiger partial charge in [0, 0.05) is 29.3 Å². The fourth-order valence-electron chi connectivity index (χ4n) is 2.71. The van der Waals surface area contributed by atoms with Gasteiger partial charge in [-0.25, -0.2) is 4.79 Å². The fourth-order valence-corrected chi connectivity index (χ4v) is 2.94. The summed E-state index contributed by atoms with van der Waals surface area (Å²) in [6, 6.07) is 5.19. The molecule has 0 heterocycles. The van der Waals surface area contributed by atoms with Gasteiger partial charge in [-0.15, -0.1) is 0 Å². The quantitative estimate of drug-likeness (QED) is 0.801. The number of aliphatic hydroxyl groups excluding tert-OH is 1. The van der Waals surface area contributed by atoms with Gasteiger partial charge < -0.3 is 15.7 Å². The van der Waals surface area contributed by atoms with E-state index in [0.717, 1.165) is 36.9 Å². The minimum atomic E-state index is -0.222. The molecular formula is C15H21ClN2O2. The molecule has 110 valence electrons. The van der Waals surface area contributed by atoms with Crippen molar-refractivity contribution in [3.8, 4) is 0 Å². The Hall–Kier alpha value is -1.26. The van der Waals surface area contributed by atoms with Gasteiger partial charge in [0.2, 0.25) is 0 Å². The first-order valence-electron chi connectivity index (χ1n) is 7.04. The molecule has 2 unspecified atom stereocenters. The van der Waals surface area contributed by atoms with Crippen LogP contribution in [0.2, 0.25) is 5.02 Å². The van der Waals surface area contributed by atoms with Crippen molar-refractivity contribution in [3.63, 3.8) is 0 Å². The number of nitrogens with one attached hydrogen (secondary N) is 2. The number of aliphatic hydroxyl groups is 1. The average Bonchev–Trinajstić information content (AvgIpc) is 2.42. The van der Waals surface area contributed by atoms with Gasteiger partial charge in [0.1, 0.15) is 0 Å². The van der Waals surface area contributed by atoms with Crippen LogP contribution in [0, 0.1) is 12.8 Å². The summed E-state index contributed by atoms with van der Waals surface area (Å²) >= 11 is 5.89. The molecule has 4 nitrogen and oxygen atoms in total. The molecule has 1 aromatic rings. The second-order valence-electron chi connectivity index (χ2n) is 5.39. The van der Waals surface area contributed by atoms with Crippen LogP contribution < -0.4 is 10.6 Å². The van der Waals surface area contributed by atoms with E-state index < -0.39 is 0 Å². The van der Waals surface area contributed by atoms with E-state index in [0.29, 0.717) is 5.02 Å². The van der Waals surface area contributed by atoms with Gasteiger partial charge >= 0.3 is 6.03 Å². The predicted molar refractivity (Wildman–Crippen MR) is 81.2 cm³/mol. The van der Waals surface area contributed by atoms with Crippen molar-refractivity contribution in [2.24, 2.45) is 5.92 Å². The van der Waals surface area contributed by atoms with Crippen molar-refractivity contribution >= 4 is 23.3 Å². The number of hydrogen-bond acceptors (Lipinski definition) is 2. The van der Waals surface area contributed by atoms with E-state index in [1.807, 2.05) is 13.0 Å². The SMILES string of the molecule is Cc1cc(Cl)ccc1NC(=O)NC1CCCCC1CO. The number of aryl methyl sites for hydroxylation is 1. The highest BCUT2D eigenvalue weighted by molar-refractivity contribution is 6.30. The molecule has 2 atom stereocenters. The third-order valence-electron chi connectivity index (χ3n) is 3.90. The normalized spacial score (nSPS) is 22.4. The van der Waals surface area contributed by atoms with Crippen molar-refractivity contribution < 1.29 is 9.90 Å². The summed E-state index contributed by atoms with van der Waals surface area (Å²) in [5, 5.41) is 15.8. The summed E-state index contributed by atoms with van der Waals surface area (Å²) in [7, 11) is 0. The number of carbonyl (C=O) groups excluding carboxylic acids is 1. The molecule has 2 rings (SSSR count). The summed E-state index contributed by atoms with van der Waals surface area (Å²) < 4.78 is 0. The smallest absolute Gasteiger partial charge is 0.319 e. The Balaban J connectivity index is 1.94. The van der Waals surface area contributed by atoms with E-state index in [-0.39, 0.29) is 24.6 Å². The van der Waals surface area contributed by atoms with Gasteiger partial charge in [0.15, 0.2) is 0 Å². The van der Waals surface area contributed by atoms with E-state index in [4.69, 9.17) is 11.6 Å². The second-order valence-corrected chi connectivity index (χ2v) is 5.83. The van der Waals surface area contributed by atoms with E-state index >= 15 is 0 Å². The Morgan fingerprint density at radius 1 is 1.40 bits per heavy atom. The molecule has 0 aromatic heterocycles. The standard InChI is InChI=1S/C15H21ClN2O2/c1-10-8-12(16)6-7-13(10)17-15(20)18-14-5-3-2-4-11(14)9-19/h6-8,11,14,19H,2-5,9H2,1H3,(H2,17,18,20). The zero-order chi connectivity index (χ0) is 14.5. The Morgan fingerprint density at radius 3 is 2.85 bits per heavy atom. The van der Waals surface area contributed by atoms with Crippen LogP contribution in [0.3, 0.4) is 0 Å². The predicted octanol–water partition coefficient (Wildman–Crippen LogP) is 3.32. The summed E-state index contributed by atoms with van der Waals surface area (Å²) in [5.41, 5.74) is 1.68. The van der Waals surface area contributed by atoms with Gasteiger partial charge in [-0.05, 0) is 43.5 Å². The Morgan fingerprint density at radius 2 is 2.15 bits per heavy atom. The van der Waals surface area contributed by atoms with Crippen molar-refractivity contribution in [2.45, 2.75) is 38.6 Å². The van der Waals surface area contributed by atoms with E-state index in [1.54, 1.807) is 12.1 Å². The Labute approximate surface area is 124 Å². The maximum atomic E-state index is 12.0. The van der Waals surface area contributed by atoms with Gasteiger partial charge in [0.05, 0.1) is 0 Å². The molecule has 1 aliphatic carbocycles. The Kier molecular flexibility index (Phi) is 5.26. The molecular weight excluding hydrogens is 276 g/mol. The summed E-state index contributed by atoms with van der Waals surface area (Å²) in [4.78, 5) is 12.0. The van der Waals surface area contributed by atoms with Gasteiger partial charge in [-0.1, -0.05) is 24.4 Å². The number of benzene rings is 1. The molecule has 0 radical (unpaired) electrons. The molecule has 0 saturated heterocycles. The second kappa shape index (κ2) is 6.95. The number of rotatable bonds is 3. The monoisotopic (exact) mass is 296 g/mol. The first kappa shape index (κ1) is 15.1. The number of anilines is 1. The topological polar surface area (TPSA) is 61.4 Å². The highest BCUT2D eigenvalue weighted by Gasteiger charge is 2.25. The number of urea groups is 1. The van der Waals surface area contributed by atoms with Crippen LogP contribution in [-0.2, 0) is 0 Å². The highest BCUT2D eigenvalue weighted by atomic mass is 35.5. The van der Waals surface area contributed by atoms with Crippen LogP contribution in [-0.4, -0.2) is 23.8 Å². The molecule has 1 fully saturated rings. The molecule has 0 aliphatic heterocycles. The lowest BCUT2D eigenvalue weighted by Crippen LogP contribution is -2.45. The van der Waals surface area contributed by atoms with Crippen LogP contribution >= 0.6 is 11.6 Å². The zero-order valence-corrected chi connectivity index (χ0v) is 12.4. The van der Waals surface area contributed by atoms with Crippen LogP contribution in [0.5, 0.6) is 0 Å². The third-order valence-corrected chi connectivity index (χ3v) is 4.13. The molecule has 1 aromatic carbocycles. The summed E-state index contributed by atoms with van der Waals surface area (Å²) in [5.74, 6) is 0.167. The van der Waals surface area contributed by atoms with Gasteiger partial charge in [-0.3, -0.25) is 0 Å². The van der Waals surface area contributed by atoms with E-state index in [2.05, 4.69) is 10.6 Å². The lowest BCUT2D eigenvalue weighted by Gasteiger charge is -2.30. The lowest BCUT2D eigenvalue weighted by molar-refractivity contribution is 0.156. The van der Waals surface area contributed by atoms with E-state index in [9.17, 15) is 9.90 Å². The van der Waals surface area contributed by atoms with E-state index in [1.165, 1.54) is 0 Å². The molecule has 0 spiro atoms. The van der Waals surface area contributed by atoms with Crippen molar-refractivity contribution in [1.82, 2.24) is 5.32 Å². The van der Waals surface area contributed by atoms with Crippen LogP contribution in [0.1, 0.15) is 31.2 Å². The molecule has 20 heavy (non-hydrogen) atoms. The minimum Gasteiger partial charge on any atom is -0.396 e. The number of carbonyl (C=O) groups is 1. The number of hydrogen-bond donors (Lipinski definition) is 3. The van der Waals surface area contributed by atoms with Crippen LogP contribution in [0.15, 0.2) is 18.2 Å². The Bertz CT molecular complexity index is 479. The van der Waals surface area contributed by atoms with Crippen LogP contribution in [0.25, 0.3) is 0 Å². The van der Waals surface area contributed by atoms with Crippen molar-refractivity contribution in [2.75, 3.05) is 11.9 Å². The number of halogens is 1. The average molecular weight is 297 g/mol. The minimum absolute atomic E-state index is 0.0568. The molecule has 1 saturated carbocycles. The molecule has 1 aliphatic rings. The van der Waals surface area contributed by atoms with Gasteiger partial charge in [-0.2, -0.15) is 0 Å². The van der Waals surface area contributed by atoms with Crippen molar-refractivity contribution in [1.29, 1.82) is 0 Å². The zero-order valence-electron chi connectivity index (χ0n) is 11.7. The van der Waals surface area contributed by atoms with Crippen molar-refractivity contribution in [3.05, 3.63) is 28.8 Å². The fraction of sp³-hybridized carbons (Fsp3) is 0.533. The number of amides is 2. The summed E-state index contributed by atoms with van der Waals surface area (Å²) in [6.45, 7) is 2.03. The first-order chi connectivity index (χ1) is 9.60. The first-order valence-corrected chi connectivity index (χ1v) is 7.42. The third kappa shape index (κ3) is 3.87. The largest absolute Gasteiger partial charge is 0.396 e. The summed E-state index contributed by atoms with van der Waals surface area (Å²) in [6.07, 6.45) is 4.13. The molecule has 3 N–H and O–H groups in total. The highest BCUT2D eigenvalue weighted by Crippen LogP contribution is 2.24. The van der Waals surface area contributed by atoms with Crippen LogP contribution in [0.4, 0.5) is 10.5 Å².